The predicted octanol–water partition coefficient (Wildman–Crippen LogP) is 3.12. The highest BCUT2D eigenvalue weighted by molar-refractivity contribution is 7.94. The van der Waals surface area contributed by atoms with Crippen LogP contribution in [0.25, 0.3) is 0 Å². The molecule has 1 atom stereocenters. The van der Waals surface area contributed by atoms with E-state index in [4.69, 9.17) is 0 Å². The van der Waals surface area contributed by atoms with Crippen LogP contribution in [0, 0.1) is 0 Å². The molecule has 3 rings (SSSR count). The van der Waals surface area contributed by atoms with E-state index in [-0.39, 0.29) is 5.04 Å². The number of hydrogen-bond acceptors (Lipinski definition) is 3. The van der Waals surface area contributed by atoms with Gasteiger partial charge in [-0.15, -0.1) is 0 Å². The zero-order valence-electron chi connectivity index (χ0n) is 18.2. The molecule has 1 aliphatic rings. The summed E-state index contributed by atoms with van der Waals surface area (Å²) in [6.07, 6.45) is 1.83. The van der Waals surface area contributed by atoms with Crippen LogP contribution in [0.2, 0.25) is 5.04 Å². The first kappa shape index (κ1) is 23.2. The van der Waals surface area contributed by atoms with E-state index in [1.54, 1.807) is 0 Å². The van der Waals surface area contributed by atoms with Gasteiger partial charge in [0.2, 0.25) is 18.3 Å². The summed E-state index contributed by atoms with van der Waals surface area (Å²) in [5.41, 5.74) is 0. The zero-order chi connectivity index (χ0) is 22.7. The normalized spacial score (nSPS) is 17.9. The minimum Gasteiger partial charge on any atom is -0.465 e. The molecule has 2 N–H and O–H groups in total. The molecule has 0 saturated carbocycles. The monoisotopic (exact) mass is 458 g/mol. The van der Waals surface area contributed by atoms with Crippen molar-refractivity contribution in [3.8, 4) is 0 Å². The van der Waals surface area contributed by atoms with Crippen LogP contribution in [0.5, 0.6) is 0 Å². The highest BCUT2D eigenvalue weighted by atomic mass is 32.2. The van der Waals surface area contributed by atoms with Crippen LogP contribution < -0.4 is 14.8 Å². The van der Waals surface area contributed by atoms with Gasteiger partial charge in [-0.2, -0.15) is 0 Å². The zero-order valence-corrected chi connectivity index (χ0v) is 20.0. The Balaban J connectivity index is 2.06. The minimum atomic E-state index is -3.84. The van der Waals surface area contributed by atoms with E-state index in [1.165, 1.54) is 11.0 Å². The maximum Gasteiger partial charge on any atom is 0.407 e. The first-order valence-electron chi connectivity index (χ1n) is 10.4. The van der Waals surface area contributed by atoms with Crippen LogP contribution in [0.4, 0.5) is 4.79 Å². The average Bonchev–Trinajstić information content (AvgIpc) is 3.20. The molecule has 1 heterocycles. The highest BCUT2D eigenvalue weighted by Crippen LogP contribution is 2.34. The number of hydrogen-bond donors (Lipinski definition) is 2. The lowest BCUT2D eigenvalue weighted by Gasteiger charge is -2.43. The molecule has 31 heavy (non-hydrogen) atoms. The molecule has 8 heteroatoms. The third-order valence-corrected chi connectivity index (χ3v) is 13.4. The summed E-state index contributed by atoms with van der Waals surface area (Å²) in [6, 6.07) is 19.1. The molecule has 2 aromatic rings. The first-order valence-corrected chi connectivity index (χ1v) is 13.9. The van der Waals surface area contributed by atoms with Gasteiger partial charge in [0.1, 0.15) is 0 Å². The van der Waals surface area contributed by atoms with Gasteiger partial charge < -0.3 is 10.0 Å². The lowest BCUT2D eigenvalue weighted by atomic mass is 10.2. The molecule has 1 fully saturated rings. The summed E-state index contributed by atoms with van der Waals surface area (Å²) in [5.74, 6) is 0. The molecule has 0 bridgehead atoms. The fourth-order valence-corrected chi connectivity index (χ4v) is 12.3. The molecule has 1 aliphatic heterocycles. The van der Waals surface area contributed by atoms with Crippen molar-refractivity contribution in [2.45, 2.75) is 44.7 Å². The molecule has 2 aromatic carbocycles. The largest absolute Gasteiger partial charge is 0.465 e. The van der Waals surface area contributed by atoms with Crippen LogP contribution in [0.15, 0.2) is 72.1 Å². The third-order valence-electron chi connectivity index (χ3n) is 5.86. The Kier molecular flexibility index (Phi) is 6.73. The van der Waals surface area contributed by atoms with Crippen LogP contribution in [0.3, 0.4) is 0 Å². The molecule has 0 aliphatic carbocycles. The SMILES string of the molecule is CC(C)(C)[Si](NS(=O)(=O)/C=C/[C@@H]1CCCN1C(=O)O)(c1ccccc1)c1ccccc1. The summed E-state index contributed by atoms with van der Waals surface area (Å²) in [4.78, 5) is 12.7. The van der Waals surface area contributed by atoms with E-state index in [9.17, 15) is 18.3 Å². The van der Waals surface area contributed by atoms with E-state index in [0.717, 1.165) is 22.2 Å². The fraction of sp³-hybridized carbons (Fsp3) is 0.348. The molecule has 0 aromatic heterocycles. The summed E-state index contributed by atoms with van der Waals surface area (Å²) >= 11 is 0. The smallest absolute Gasteiger partial charge is 0.407 e. The lowest BCUT2D eigenvalue weighted by molar-refractivity contribution is 0.147. The standard InChI is InChI=1S/C23H30N2O4SSi/c1-23(2,3)31(20-12-6-4-7-13-20,21-14-8-5-9-15-21)24-30(28,29)18-16-19-11-10-17-25(19)22(26)27/h4-9,12-16,18-19,24H,10-11,17H2,1-3H3,(H,26,27)/b18-16+/t19-/m0/s1. The molecule has 0 unspecified atom stereocenters. The van der Waals surface area contributed by atoms with Gasteiger partial charge in [-0.25, -0.2) is 17.6 Å². The van der Waals surface area contributed by atoms with Crippen molar-refractivity contribution in [3.63, 3.8) is 0 Å². The van der Waals surface area contributed by atoms with Crippen LogP contribution in [0.1, 0.15) is 33.6 Å². The van der Waals surface area contributed by atoms with E-state index < -0.39 is 30.4 Å². The predicted molar refractivity (Wildman–Crippen MR) is 127 cm³/mol. The van der Waals surface area contributed by atoms with Gasteiger partial charge in [-0.05, 0) is 34.3 Å². The average molecular weight is 459 g/mol. The van der Waals surface area contributed by atoms with Crippen molar-refractivity contribution in [1.29, 1.82) is 0 Å². The number of amides is 1. The molecule has 6 nitrogen and oxygen atoms in total. The van der Waals surface area contributed by atoms with Gasteiger partial charge >= 0.3 is 6.09 Å². The second-order valence-corrected chi connectivity index (χ2v) is 15.2. The Bertz CT molecular complexity index is 995. The molecule has 0 spiro atoms. The number of nitrogens with zero attached hydrogens (tertiary/aromatic N) is 1. The van der Waals surface area contributed by atoms with Crippen molar-refractivity contribution in [2.24, 2.45) is 0 Å². The molecule has 1 saturated heterocycles. The van der Waals surface area contributed by atoms with Crippen molar-refractivity contribution in [3.05, 3.63) is 72.1 Å². The molecular formula is C23H30N2O4SSi. The second kappa shape index (κ2) is 8.98. The highest BCUT2D eigenvalue weighted by Gasteiger charge is 2.50. The Morgan fingerprint density at radius 1 is 1.06 bits per heavy atom. The number of sulfonamides is 1. The van der Waals surface area contributed by atoms with Crippen molar-refractivity contribution in [2.75, 3.05) is 6.54 Å². The Labute approximate surface area is 185 Å². The maximum atomic E-state index is 13.3. The van der Waals surface area contributed by atoms with Gasteiger partial charge in [0, 0.05) is 12.0 Å². The second-order valence-electron chi connectivity index (χ2n) is 8.89. The van der Waals surface area contributed by atoms with E-state index in [0.29, 0.717) is 13.0 Å². The van der Waals surface area contributed by atoms with Gasteiger partial charge in [0.05, 0.1) is 6.04 Å². The Morgan fingerprint density at radius 2 is 1.58 bits per heavy atom. The van der Waals surface area contributed by atoms with Crippen molar-refractivity contribution in [1.82, 2.24) is 9.29 Å². The Hall–Kier alpha value is -2.42. The number of likely N-dealkylation sites (tertiary alicyclic amines) is 1. The van der Waals surface area contributed by atoms with E-state index >= 15 is 0 Å². The van der Waals surface area contributed by atoms with Crippen LogP contribution in [-0.2, 0) is 10.0 Å². The fourth-order valence-electron chi connectivity index (χ4n) is 4.35. The van der Waals surface area contributed by atoms with Gasteiger partial charge in [0.15, 0.2) is 0 Å². The van der Waals surface area contributed by atoms with E-state index in [1.807, 2.05) is 60.7 Å². The van der Waals surface area contributed by atoms with Crippen molar-refractivity contribution < 1.29 is 18.3 Å². The van der Waals surface area contributed by atoms with Crippen molar-refractivity contribution >= 4 is 34.7 Å². The third kappa shape index (κ3) is 4.92. The van der Waals surface area contributed by atoms with E-state index in [2.05, 4.69) is 25.2 Å². The minimum absolute atomic E-state index is 0.378. The number of nitrogens with one attached hydrogen (secondary N) is 1. The Morgan fingerprint density at radius 3 is 2.03 bits per heavy atom. The molecule has 1 amide bonds. The summed E-state index contributed by atoms with van der Waals surface area (Å²) in [5, 5.41) is 12.1. The van der Waals surface area contributed by atoms with Gasteiger partial charge in [-0.3, -0.25) is 0 Å². The summed E-state index contributed by atoms with van der Waals surface area (Å²) in [6.45, 7) is 6.62. The number of carbonyl (C=O) groups is 1. The quantitative estimate of drug-likeness (QED) is 0.651. The summed E-state index contributed by atoms with van der Waals surface area (Å²) < 4.78 is 29.8. The maximum absolute atomic E-state index is 13.3. The molecular weight excluding hydrogens is 428 g/mol. The lowest BCUT2D eigenvalue weighted by Crippen LogP contribution is -2.74. The van der Waals surface area contributed by atoms with Crippen LogP contribution >= 0.6 is 0 Å². The van der Waals surface area contributed by atoms with Crippen LogP contribution in [-0.4, -0.2) is 45.3 Å². The number of benzene rings is 2. The number of carboxylic acid groups (broad SMARTS) is 1. The first-order chi connectivity index (χ1) is 14.6. The van der Waals surface area contributed by atoms with Gasteiger partial charge in [0.25, 0.3) is 0 Å². The summed E-state index contributed by atoms with van der Waals surface area (Å²) in [7, 11) is -6.86. The molecule has 0 radical (unpaired) electrons. The number of rotatable bonds is 6. The topological polar surface area (TPSA) is 86.7 Å². The molecule has 166 valence electrons. The van der Waals surface area contributed by atoms with Gasteiger partial charge in [-0.1, -0.05) is 81.4 Å².